The Balaban J connectivity index is 1.76. The molecule has 0 spiro atoms. The Labute approximate surface area is 203 Å². The molecule has 0 aliphatic rings. The van der Waals surface area contributed by atoms with Crippen LogP contribution in [0, 0.1) is 0 Å². The highest BCUT2D eigenvalue weighted by atomic mass is 16.5. The maximum atomic E-state index is 13.5. The molecule has 0 saturated heterocycles. The molecule has 0 saturated carbocycles. The first-order chi connectivity index (χ1) is 16.2. The quantitative estimate of drug-likeness (QED) is 0.442. The van der Waals surface area contributed by atoms with Crippen molar-refractivity contribution < 1.29 is 14.3 Å². The van der Waals surface area contributed by atoms with Crippen molar-refractivity contribution >= 4 is 16.7 Å². The second kappa shape index (κ2) is 11.5. The van der Waals surface area contributed by atoms with Gasteiger partial charge in [0.25, 0.3) is 0 Å². The van der Waals surface area contributed by atoms with Gasteiger partial charge in [0.05, 0.1) is 12.1 Å². The molecule has 0 heterocycles. The number of carbonyl (C=O) groups is 1. The molecule has 1 amide bonds. The van der Waals surface area contributed by atoms with Gasteiger partial charge in [0.15, 0.2) is 0 Å². The lowest BCUT2D eigenvalue weighted by Gasteiger charge is -2.29. The number of nitrogens with zero attached hydrogens (tertiary/aromatic N) is 1. The van der Waals surface area contributed by atoms with Crippen molar-refractivity contribution in [3.63, 3.8) is 0 Å². The molecule has 34 heavy (non-hydrogen) atoms. The second-order valence-electron chi connectivity index (χ2n) is 9.79. The third-order valence-corrected chi connectivity index (χ3v) is 5.60. The van der Waals surface area contributed by atoms with Crippen molar-refractivity contribution in [3.8, 4) is 5.75 Å². The van der Waals surface area contributed by atoms with Crippen molar-refractivity contribution in [1.29, 1.82) is 0 Å². The second-order valence-corrected chi connectivity index (χ2v) is 9.79. The molecular weight excluding hydrogens is 424 g/mol. The molecule has 0 aromatic heterocycles. The van der Waals surface area contributed by atoms with Gasteiger partial charge in [-0.2, -0.15) is 0 Å². The van der Waals surface area contributed by atoms with Crippen molar-refractivity contribution in [1.82, 2.24) is 4.90 Å². The van der Waals surface area contributed by atoms with Crippen LogP contribution in [0.5, 0.6) is 5.75 Å². The molecule has 3 rings (SSSR count). The molecule has 0 fully saturated rings. The van der Waals surface area contributed by atoms with Gasteiger partial charge in [0.2, 0.25) is 5.91 Å². The summed E-state index contributed by atoms with van der Waals surface area (Å²) in [6.45, 7) is 11.6. The van der Waals surface area contributed by atoms with Crippen LogP contribution in [0.1, 0.15) is 45.7 Å². The SMILES string of the molecule is CCOC(C)CN(Cc1cccc2ccccc12)C(=O)[C@H](N)Cc1ccc(OC(C)(C)C)cc1. The first-order valence-corrected chi connectivity index (χ1v) is 12.1. The fourth-order valence-electron chi connectivity index (χ4n) is 4.14. The number of rotatable bonds is 10. The summed E-state index contributed by atoms with van der Waals surface area (Å²) in [5.74, 6) is 0.730. The summed E-state index contributed by atoms with van der Waals surface area (Å²) in [4.78, 5) is 15.3. The smallest absolute Gasteiger partial charge is 0.240 e. The van der Waals surface area contributed by atoms with Crippen LogP contribution in [0.3, 0.4) is 0 Å². The van der Waals surface area contributed by atoms with Crippen LogP contribution in [-0.4, -0.2) is 41.7 Å². The topological polar surface area (TPSA) is 64.8 Å². The van der Waals surface area contributed by atoms with Crippen LogP contribution >= 0.6 is 0 Å². The van der Waals surface area contributed by atoms with E-state index in [0.29, 0.717) is 26.1 Å². The summed E-state index contributed by atoms with van der Waals surface area (Å²) in [6.07, 6.45) is 0.383. The van der Waals surface area contributed by atoms with Crippen LogP contribution in [-0.2, 0) is 22.5 Å². The maximum Gasteiger partial charge on any atom is 0.240 e. The van der Waals surface area contributed by atoms with Crippen LogP contribution in [0.4, 0.5) is 0 Å². The van der Waals surface area contributed by atoms with E-state index in [2.05, 4.69) is 24.3 Å². The standard InChI is InChI=1S/C29H38N2O3/c1-6-33-21(2)19-31(20-24-12-9-11-23-10-7-8-13-26(23)24)28(32)27(30)18-22-14-16-25(17-15-22)34-29(3,4)5/h7-17,21,27H,6,18-20,30H2,1-5H3/t21?,27-/m1/s1. The van der Waals surface area contributed by atoms with Gasteiger partial charge in [-0.3, -0.25) is 4.79 Å². The molecule has 0 bridgehead atoms. The Morgan fingerprint density at radius 3 is 2.35 bits per heavy atom. The Morgan fingerprint density at radius 2 is 1.68 bits per heavy atom. The normalized spacial score (nSPS) is 13.5. The van der Waals surface area contributed by atoms with E-state index in [-0.39, 0.29) is 17.6 Å². The summed E-state index contributed by atoms with van der Waals surface area (Å²) in [7, 11) is 0. The maximum absolute atomic E-state index is 13.5. The van der Waals surface area contributed by atoms with E-state index in [1.54, 1.807) is 0 Å². The van der Waals surface area contributed by atoms with Gasteiger partial charge in [0.1, 0.15) is 11.4 Å². The van der Waals surface area contributed by atoms with E-state index >= 15 is 0 Å². The number of benzene rings is 3. The molecule has 0 radical (unpaired) electrons. The van der Waals surface area contributed by atoms with E-state index in [1.807, 2.05) is 82.0 Å². The summed E-state index contributed by atoms with van der Waals surface area (Å²) in [5.41, 5.74) is 8.29. The van der Waals surface area contributed by atoms with Gasteiger partial charge in [-0.25, -0.2) is 0 Å². The highest BCUT2D eigenvalue weighted by Crippen LogP contribution is 2.22. The molecular formula is C29H38N2O3. The summed E-state index contributed by atoms with van der Waals surface area (Å²) < 4.78 is 11.6. The highest BCUT2D eigenvalue weighted by Gasteiger charge is 2.24. The fraction of sp³-hybridized carbons (Fsp3) is 0.414. The first-order valence-electron chi connectivity index (χ1n) is 12.1. The zero-order chi connectivity index (χ0) is 24.7. The molecule has 3 aromatic carbocycles. The molecule has 5 heteroatoms. The van der Waals surface area contributed by atoms with E-state index in [9.17, 15) is 4.79 Å². The van der Waals surface area contributed by atoms with E-state index < -0.39 is 6.04 Å². The lowest BCUT2D eigenvalue weighted by Crippen LogP contribution is -2.47. The number of amides is 1. The third-order valence-electron chi connectivity index (χ3n) is 5.60. The predicted molar refractivity (Wildman–Crippen MR) is 139 cm³/mol. The number of hydrogen-bond donors (Lipinski definition) is 1. The summed E-state index contributed by atoms with van der Waals surface area (Å²) >= 11 is 0. The van der Waals surface area contributed by atoms with E-state index in [1.165, 1.54) is 0 Å². The Bertz CT molecular complexity index is 1070. The lowest BCUT2D eigenvalue weighted by molar-refractivity contribution is -0.135. The average Bonchev–Trinajstić information content (AvgIpc) is 2.79. The van der Waals surface area contributed by atoms with Gasteiger partial charge in [0, 0.05) is 19.7 Å². The number of hydrogen-bond acceptors (Lipinski definition) is 4. The Morgan fingerprint density at radius 1 is 1.00 bits per heavy atom. The third kappa shape index (κ3) is 7.31. The minimum absolute atomic E-state index is 0.0745. The largest absolute Gasteiger partial charge is 0.488 e. The minimum atomic E-state index is -0.641. The van der Waals surface area contributed by atoms with Crippen LogP contribution in [0.15, 0.2) is 66.7 Å². The van der Waals surface area contributed by atoms with Crippen molar-refractivity contribution in [2.24, 2.45) is 5.73 Å². The van der Waals surface area contributed by atoms with Gasteiger partial charge in [-0.05, 0) is 75.1 Å². The highest BCUT2D eigenvalue weighted by molar-refractivity contribution is 5.87. The number of fused-ring (bicyclic) bond motifs is 1. The summed E-state index contributed by atoms with van der Waals surface area (Å²) in [5, 5.41) is 2.31. The summed E-state index contributed by atoms with van der Waals surface area (Å²) in [6, 6.07) is 21.6. The van der Waals surface area contributed by atoms with Gasteiger partial charge >= 0.3 is 0 Å². The predicted octanol–water partition coefficient (Wildman–Crippen LogP) is 5.34. The van der Waals surface area contributed by atoms with E-state index in [0.717, 1.165) is 27.6 Å². The van der Waals surface area contributed by atoms with Gasteiger partial charge in [-0.1, -0.05) is 54.6 Å². The van der Waals surface area contributed by atoms with Gasteiger partial charge < -0.3 is 20.1 Å². The average molecular weight is 463 g/mol. The number of ether oxygens (including phenoxy) is 2. The molecule has 1 unspecified atom stereocenters. The minimum Gasteiger partial charge on any atom is -0.488 e. The molecule has 3 aromatic rings. The van der Waals surface area contributed by atoms with Gasteiger partial charge in [-0.15, -0.1) is 0 Å². The lowest BCUT2D eigenvalue weighted by atomic mass is 10.0. The molecule has 2 N–H and O–H groups in total. The molecule has 5 nitrogen and oxygen atoms in total. The van der Waals surface area contributed by atoms with E-state index in [4.69, 9.17) is 15.2 Å². The number of carbonyl (C=O) groups excluding carboxylic acids is 1. The van der Waals surface area contributed by atoms with Crippen LogP contribution < -0.4 is 10.5 Å². The Kier molecular flexibility index (Phi) is 8.70. The van der Waals surface area contributed by atoms with Crippen LogP contribution in [0.25, 0.3) is 10.8 Å². The number of nitrogens with two attached hydrogens (primary N) is 1. The molecule has 2 atom stereocenters. The molecule has 0 aliphatic heterocycles. The zero-order valence-electron chi connectivity index (χ0n) is 21.1. The van der Waals surface area contributed by atoms with Crippen LogP contribution in [0.2, 0.25) is 0 Å². The van der Waals surface area contributed by atoms with Crippen molar-refractivity contribution in [3.05, 3.63) is 77.9 Å². The zero-order valence-corrected chi connectivity index (χ0v) is 21.1. The molecule has 0 aliphatic carbocycles. The monoisotopic (exact) mass is 462 g/mol. The van der Waals surface area contributed by atoms with Crippen molar-refractivity contribution in [2.45, 2.75) is 65.3 Å². The van der Waals surface area contributed by atoms with Crippen molar-refractivity contribution in [2.75, 3.05) is 13.2 Å². The molecule has 182 valence electrons. The Hall–Kier alpha value is -2.89. The fourth-order valence-corrected chi connectivity index (χ4v) is 4.14. The first kappa shape index (κ1) is 25.7.